The third-order valence-corrected chi connectivity index (χ3v) is 3.33. The van der Waals surface area contributed by atoms with Gasteiger partial charge in [0.2, 0.25) is 0 Å². The molecule has 0 saturated heterocycles. The maximum Gasteiger partial charge on any atom is 0.379 e. The minimum absolute atomic E-state index is 0.121. The average Bonchev–Trinajstić information content (AvgIpc) is 2.53. The van der Waals surface area contributed by atoms with Crippen LogP contribution < -0.4 is 0 Å². The van der Waals surface area contributed by atoms with Gasteiger partial charge >= 0.3 is 5.97 Å². The zero-order valence-electron chi connectivity index (χ0n) is 14.1. The molecule has 0 aliphatic carbocycles. The van der Waals surface area contributed by atoms with Gasteiger partial charge in [-0.05, 0) is 45.3 Å². The van der Waals surface area contributed by atoms with Crippen molar-refractivity contribution in [3.05, 3.63) is 65.3 Å². The van der Waals surface area contributed by atoms with Crippen molar-refractivity contribution in [2.24, 2.45) is 0 Å². The molecule has 0 radical (unpaired) electrons. The van der Waals surface area contributed by atoms with Crippen LogP contribution in [0.15, 0.2) is 54.1 Å². The van der Waals surface area contributed by atoms with E-state index in [1.165, 1.54) is 5.57 Å². The fraction of sp³-hybridized carbons (Fsp3) is 0.300. The van der Waals surface area contributed by atoms with Crippen molar-refractivity contribution < 1.29 is 14.3 Å². The van der Waals surface area contributed by atoms with Crippen LogP contribution in [0.1, 0.15) is 49.5 Å². The summed E-state index contributed by atoms with van der Waals surface area (Å²) in [6.07, 6.45) is 7.56. The van der Waals surface area contributed by atoms with E-state index in [1.54, 1.807) is 30.3 Å². The Morgan fingerprint density at radius 3 is 2.30 bits per heavy atom. The molecule has 1 rings (SSSR count). The minimum atomic E-state index is -0.829. The number of allylic oxidation sites excluding steroid dienone is 3. The molecule has 122 valence electrons. The molecule has 0 amide bonds. The largest absolute Gasteiger partial charge is 0.455 e. The van der Waals surface area contributed by atoms with E-state index < -0.39 is 11.8 Å². The van der Waals surface area contributed by atoms with E-state index in [4.69, 9.17) is 4.74 Å². The number of carbonyl (C=O) groups excluding carboxylic acids is 2. The highest BCUT2D eigenvalue weighted by Gasteiger charge is 2.17. The number of ether oxygens (including phenoxy) is 1. The van der Waals surface area contributed by atoms with Gasteiger partial charge in [0.25, 0.3) is 5.78 Å². The third-order valence-electron chi connectivity index (χ3n) is 3.33. The first kappa shape index (κ1) is 18.6. The van der Waals surface area contributed by atoms with Crippen LogP contribution in [-0.4, -0.2) is 18.4 Å². The quantitative estimate of drug-likeness (QED) is 0.301. The first-order valence-electron chi connectivity index (χ1n) is 7.67. The molecular weight excluding hydrogens is 288 g/mol. The molecule has 0 saturated carbocycles. The van der Waals surface area contributed by atoms with E-state index >= 15 is 0 Å². The van der Waals surface area contributed by atoms with Crippen LogP contribution in [0.2, 0.25) is 0 Å². The van der Waals surface area contributed by atoms with E-state index in [9.17, 15) is 9.59 Å². The summed E-state index contributed by atoms with van der Waals surface area (Å²) in [5.41, 5.74) is 3.64. The molecular formula is C20H24O3. The molecule has 1 aromatic carbocycles. The normalized spacial score (nSPS) is 10.8. The van der Waals surface area contributed by atoms with Crippen molar-refractivity contribution in [1.82, 2.24) is 0 Å². The van der Waals surface area contributed by atoms with Crippen molar-refractivity contribution >= 4 is 17.8 Å². The summed E-state index contributed by atoms with van der Waals surface area (Å²) in [6.45, 7) is 9.88. The maximum absolute atomic E-state index is 11.9. The van der Waals surface area contributed by atoms with Crippen LogP contribution in [0.5, 0.6) is 0 Å². The van der Waals surface area contributed by atoms with E-state index in [0.29, 0.717) is 5.56 Å². The molecule has 0 atom stereocenters. The number of ketones is 1. The maximum atomic E-state index is 11.9. The van der Waals surface area contributed by atoms with Gasteiger partial charge in [0.05, 0.1) is 0 Å². The third kappa shape index (κ3) is 6.92. The van der Waals surface area contributed by atoms with E-state index in [2.05, 4.69) is 26.5 Å². The summed E-state index contributed by atoms with van der Waals surface area (Å²) < 4.78 is 5.01. The van der Waals surface area contributed by atoms with E-state index in [1.807, 2.05) is 13.0 Å². The molecule has 1 aromatic rings. The van der Waals surface area contributed by atoms with E-state index in [0.717, 1.165) is 24.0 Å². The summed E-state index contributed by atoms with van der Waals surface area (Å²) in [5.74, 6) is -1.46. The van der Waals surface area contributed by atoms with Gasteiger partial charge in [-0.25, -0.2) is 4.79 Å². The molecule has 0 fully saturated rings. The highest BCUT2D eigenvalue weighted by molar-refractivity contribution is 6.40. The Morgan fingerprint density at radius 1 is 1.09 bits per heavy atom. The van der Waals surface area contributed by atoms with Gasteiger partial charge in [0.15, 0.2) is 0 Å². The van der Waals surface area contributed by atoms with Gasteiger partial charge in [0.1, 0.15) is 6.61 Å². The lowest BCUT2D eigenvalue weighted by atomic mass is 10.1. The molecule has 23 heavy (non-hydrogen) atoms. The standard InChI is InChI=1S/C20H24O3/c1-5-17-9-11-18(12-10-17)19(21)20(22)23-14-13-16(4)8-6-7-15(2)3/h5,7,9-13H,1,6,8,14H2,2-4H3/b16-13+. The number of benzene rings is 1. The van der Waals surface area contributed by atoms with Crippen molar-refractivity contribution in [3.8, 4) is 0 Å². The molecule has 0 heterocycles. The Kier molecular flexibility index (Phi) is 7.75. The fourth-order valence-corrected chi connectivity index (χ4v) is 1.90. The van der Waals surface area contributed by atoms with Crippen molar-refractivity contribution in [2.75, 3.05) is 6.61 Å². The summed E-state index contributed by atoms with van der Waals surface area (Å²) in [6, 6.07) is 6.67. The Morgan fingerprint density at radius 2 is 1.74 bits per heavy atom. The predicted molar refractivity (Wildman–Crippen MR) is 94.2 cm³/mol. The van der Waals surface area contributed by atoms with Crippen LogP contribution in [0, 0.1) is 0 Å². The highest BCUT2D eigenvalue weighted by Crippen LogP contribution is 2.08. The molecule has 0 spiro atoms. The minimum Gasteiger partial charge on any atom is -0.455 e. The molecule has 0 aliphatic heterocycles. The summed E-state index contributed by atoms with van der Waals surface area (Å²) in [5, 5.41) is 0. The number of rotatable bonds is 8. The molecule has 0 bridgehead atoms. The Hall–Kier alpha value is -2.42. The predicted octanol–water partition coefficient (Wildman–Crippen LogP) is 4.75. The van der Waals surface area contributed by atoms with Crippen molar-refractivity contribution in [1.29, 1.82) is 0 Å². The SMILES string of the molecule is C=Cc1ccc(C(=O)C(=O)OC/C=C(\C)CCC=C(C)C)cc1. The van der Waals surface area contributed by atoms with Crippen molar-refractivity contribution in [3.63, 3.8) is 0 Å². The molecule has 0 aliphatic rings. The van der Waals surface area contributed by atoms with Crippen LogP contribution in [0.4, 0.5) is 0 Å². The topological polar surface area (TPSA) is 43.4 Å². The summed E-state index contributed by atoms with van der Waals surface area (Å²) >= 11 is 0. The molecule has 3 nitrogen and oxygen atoms in total. The van der Waals surface area contributed by atoms with Gasteiger partial charge in [-0.15, -0.1) is 0 Å². The van der Waals surface area contributed by atoms with Crippen LogP contribution in [-0.2, 0) is 9.53 Å². The van der Waals surface area contributed by atoms with E-state index in [-0.39, 0.29) is 6.61 Å². The lowest BCUT2D eigenvalue weighted by Crippen LogP contribution is -2.17. The number of hydrogen-bond acceptors (Lipinski definition) is 3. The van der Waals surface area contributed by atoms with Gasteiger partial charge in [-0.2, -0.15) is 0 Å². The van der Waals surface area contributed by atoms with Gasteiger partial charge in [-0.1, -0.05) is 54.1 Å². The first-order valence-corrected chi connectivity index (χ1v) is 7.67. The number of Topliss-reactive ketones (excluding diaryl/α,β-unsaturated/α-hetero) is 1. The molecule has 3 heteroatoms. The van der Waals surface area contributed by atoms with Gasteiger partial charge in [-0.3, -0.25) is 4.79 Å². The fourth-order valence-electron chi connectivity index (χ4n) is 1.90. The lowest BCUT2D eigenvalue weighted by Gasteiger charge is -2.03. The Bertz CT molecular complexity index is 615. The van der Waals surface area contributed by atoms with Gasteiger partial charge < -0.3 is 4.74 Å². The van der Waals surface area contributed by atoms with Crippen LogP contribution in [0.25, 0.3) is 6.08 Å². The number of esters is 1. The molecule has 0 N–H and O–H groups in total. The van der Waals surface area contributed by atoms with Crippen LogP contribution in [0.3, 0.4) is 0 Å². The molecule has 0 unspecified atom stereocenters. The second-order valence-electron chi connectivity index (χ2n) is 5.62. The monoisotopic (exact) mass is 312 g/mol. The van der Waals surface area contributed by atoms with Gasteiger partial charge in [0, 0.05) is 5.56 Å². The van der Waals surface area contributed by atoms with Crippen molar-refractivity contribution in [2.45, 2.75) is 33.6 Å². The summed E-state index contributed by atoms with van der Waals surface area (Å²) in [4.78, 5) is 23.7. The highest BCUT2D eigenvalue weighted by atomic mass is 16.5. The zero-order chi connectivity index (χ0) is 17.2. The number of hydrogen-bond donors (Lipinski definition) is 0. The average molecular weight is 312 g/mol. The van der Waals surface area contributed by atoms with Crippen LogP contribution >= 0.6 is 0 Å². The second-order valence-corrected chi connectivity index (χ2v) is 5.62. The molecule has 0 aromatic heterocycles. The lowest BCUT2D eigenvalue weighted by molar-refractivity contribution is -0.136. The Balaban J connectivity index is 2.47. The number of carbonyl (C=O) groups is 2. The second kappa shape index (κ2) is 9.57. The first-order chi connectivity index (χ1) is 10.9. The smallest absolute Gasteiger partial charge is 0.379 e. The summed E-state index contributed by atoms with van der Waals surface area (Å²) in [7, 11) is 0. The Labute approximate surface area is 138 Å². The zero-order valence-corrected chi connectivity index (χ0v) is 14.1.